The molecule has 0 aromatic heterocycles. The summed E-state index contributed by atoms with van der Waals surface area (Å²) in [5.74, 6) is -1.81. The molecule has 1 aromatic rings. The second-order valence-electron chi connectivity index (χ2n) is 5.52. The fourth-order valence-corrected chi connectivity index (χ4v) is 4.66. The van der Waals surface area contributed by atoms with Crippen LogP contribution in [0.5, 0.6) is 0 Å². The van der Waals surface area contributed by atoms with Crippen molar-refractivity contribution in [3.8, 4) is 0 Å². The lowest BCUT2D eigenvalue weighted by Gasteiger charge is -2.17. The Labute approximate surface area is 140 Å². The highest BCUT2D eigenvalue weighted by atomic mass is 31.2. The van der Waals surface area contributed by atoms with Crippen molar-refractivity contribution in [2.75, 3.05) is 25.5 Å². The summed E-state index contributed by atoms with van der Waals surface area (Å²) in [6, 6.07) is 6.65. The summed E-state index contributed by atoms with van der Waals surface area (Å²) in [5, 5.41) is 8.82. The van der Waals surface area contributed by atoms with Gasteiger partial charge in [0.25, 0.3) is 11.8 Å². The van der Waals surface area contributed by atoms with Crippen LogP contribution in [-0.4, -0.2) is 53.3 Å². The number of carboxylic acid groups (broad SMARTS) is 1. The zero-order chi connectivity index (χ0) is 17.7. The number of hydrogen-bond donors (Lipinski definition) is 1. The molecule has 7 nitrogen and oxygen atoms in total. The molecule has 0 radical (unpaired) electrons. The SMILES string of the molecule is CCOP(=O)(CCCCN1C(=O)c2ccccc2C1=O)CC(=O)O. The van der Waals surface area contributed by atoms with Crippen molar-refractivity contribution in [2.24, 2.45) is 0 Å². The summed E-state index contributed by atoms with van der Waals surface area (Å²) < 4.78 is 17.5. The van der Waals surface area contributed by atoms with Crippen molar-refractivity contribution in [1.82, 2.24) is 4.90 Å². The highest BCUT2D eigenvalue weighted by Gasteiger charge is 2.34. The molecular formula is C16H20NO6P. The Balaban J connectivity index is 1.89. The quantitative estimate of drug-likeness (QED) is 0.416. The number of benzene rings is 1. The minimum absolute atomic E-state index is 0.121. The molecule has 24 heavy (non-hydrogen) atoms. The lowest BCUT2D eigenvalue weighted by molar-refractivity contribution is -0.134. The standard InChI is InChI=1S/C16H20NO6P/c1-2-23-24(22,11-14(18)19)10-6-5-9-17-15(20)12-7-3-4-8-13(12)16(17)21/h3-4,7-8H,2,5-6,9-11H2,1H3,(H,18,19). The molecule has 1 aliphatic heterocycles. The highest BCUT2D eigenvalue weighted by Crippen LogP contribution is 2.47. The highest BCUT2D eigenvalue weighted by molar-refractivity contribution is 7.59. The van der Waals surface area contributed by atoms with Gasteiger partial charge in [-0.3, -0.25) is 23.8 Å². The van der Waals surface area contributed by atoms with Gasteiger partial charge >= 0.3 is 5.97 Å². The van der Waals surface area contributed by atoms with Crippen molar-refractivity contribution in [2.45, 2.75) is 19.8 Å². The number of nitrogens with zero attached hydrogens (tertiary/aromatic N) is 1. The number of aliphatic carboxylic acids is 1. The molecule has 0 aliphatic carbocycles. The largest absolute Gasteiger partial charge is 0.481 e. The smallest absolute Gasteiger partial charge is 0.313 e. The van der Waals surface area contributed by atoms with Gasteiger partial charge in [-0.2, -0.15) is 0 Å². The first kappa shape index (κ1) is 18.4. The molecule has 0 bridgehead atoms. The molecule has 1 aliphatic rings. The van der Waals surface area contributed by atoms with E-state index in [1.165, 1.54) is 4.90 Å². The summed E-state index contributed by atoms with van der Waals surface area (Å²) in [6.45, 7) is 2.06. The molecule has 8 heteroatoms. The summed E-state index contributed by atoms with van der Waals surface area (Å²) in [4.78, 5) is 36.4. The maximum Gasteiger partial charge on any atom is 0.313 e. The van der Waals surface area contributed by atoms with Gasteiger partial charge in [0.1, 0.15) is 6.16 Å². The van der Waals surface area contributed by atoms with Crippen molar-refractivity contribution in [1.29, 1.82) is 0 Å². The van der Waals surface area contributed by atoms with Gasteiger partial charge in [-0.1, -0.05) is 12.1 Å². The van der Waals surface area contributed by atoms with Gasteiger partial charge in [0.05, 0.1) is 17.7 Å². The zero-order valence-corrected chi connectivity index (χ0v) is 14.3. The predicted octanol–water partition coefficient (Wildman–Crippen LogP) is 2.46. The Morgan fingerprint density at radius 3 is 2.25 bits per heavy atom. The second kappa shape index (κ2) is 7.73. The average molecular weight is 353 g/mol. The Bertz CT molecular complexity index is 667. The minimum Gasteiger partial charge on any atom is -0.481 e. The second-order valence-corrected chi connectivity index (χ2v) is 8.17. The minimum atomic E-state index is -3.21. The van der Waals surface area contributed by atoms with Crippen LogP contribution in [0, 0.1) is 0 Å². The van der Waals surface area contributed by atoms with E-state index in [-0.39, 0.29) is 31.1 Å². The number of unbranched alkanes of at least 4 members (excludes halogenated alkanes) is 1. The van der Waals surface area contributed by atoms with E-state index in [4.69, 9.17) is 9.63 Å². The number of rotatable bonds is 9. The van der Waals surface area contributed by atoms with Crippen molar-refractivity contribution in [3.63, 3.8) is 0 Å². The van der Waals surface area contributed by atoms with E-state index in [0.29, 0.717) is 24.0 Å². The Hall–Kier alpha value is -1.98. The molecule has 0 saturated heterocycles. The van der Waals surface area contributed by atoms with Crippen LogP contribution in [0.1, 0.15) is 40.5 Å². The molecule has 1 unspecified atom stereocenters. The van der Waals surface area contributed by atoms with E-state index in [0.717, 1.165) is 0 Å². The van der Waals surface area contributed by atoms with Gasteiger partial charge in [-0.15, -0.1) is 0 Å². The van der Waals surface area contributed by atoms with Gasteiger partial charge in [-0.25, -0.2) is 0 Å². The number of carbonyl (C=O) groups excluding carboxylic acids is 2. The van der Waals surface area contributed by atoms with E-state index >= 15 is 0 Å². The first-order valence-electron chi connectivity index (χ1n) is 7.77. The van der Waals surface area contributed by atoms with Gasteiger partial charge < -0.3 is 9.63 Å². The summed E-state index contributed by atoms with van der Waals surface area (Å²) >= 11 is 0. The normalized spacial score (nSPS) is 16.1. The maximum absolute atomic E-state index is 12.4. The monoisotopic (exact) mass is 353 g/mol. The van der Waals surface area contributed by atoms with Gasteiger partial charge in [0.2, 0.25) is 7.37 Å². The van der Waals surface area contributed by atoms with E-state index in [2.05, 4.69) is 0 Å². The van der Waals surface area contributed by atoms with Crippen molar-refractivity contribution in [3.05, 3.63) is 35.4 Å². The first-order valence-corrected chi connectivity index (χ1v) is 9.77. The lowest BCUT2D eigenvalue weighted by atomic mass is 10.1. The fraction of sp³-hybridized carbons (Fsp3) is 0.438. The van der Waals surface area contributed by atoms with Crippen LogP contribution in [0.25, 0.3) is 0 Å². The van der Waals surface area contributed by atoms with Crippen LogP contribution in [0.2, 0.25) is 0 Å². The number of amides is 2. The van der Waals surface area contributed by atoms with Crippen LogP contribution < -0.4 is 0 Å². The van der Waals surface area contributed by atoms with E-state index in [1.807, 2.05) is 0 Å². The summed E-state index contributed by atoms with van der Waals surface area (Å²) in [7, 11) is -3.21. The average Bonchev–Trinajstić information content (AvgIpc) is 2.76. The number of imide groups is 1. The molecule has 1 aromatic carbocycles. The third-order valence-electron chi connectivity index (χ3n) is 3.75. The van der Waals surface area contributed by atoms with Crippen LogP contribution in [-0.2, 0) is 13.9 Å². The van der Waals surface area contributed by atoms with E-state index < -0.39 is 19.5 Å². The zero-order valence-electron chi connectivity index (χ0n) is 13.4. The lowest BCUT2D eigenvalue weighted by Crippen LogP contribution is -2.30. The molecule has 0 saturated carbocycles. The van der Waals surface area contributed by atoms with Gasteiger partial charge in [0.15, 0.2) is 0 Å². The summed E-state index contributed by atoms with van der Waals surface area (Å²) in [6.07, 6.45) is 0.476. The molecular weight excluding hydrogens is 333 g/mol. The van der Waals surface area contributed by atoms with Crippen LogP contribution in [0.4, 0.5) is 0 Å². The third kappa shape index (κ3) is 4.10. The molecule has 0 spiro atoms. The Morgan fingerprint density at radius 1 is 1.17 bits per heavy atom. The van der Waals surface area contributed by atoms with Crippen molar-refractivity contribution >= 4 is 25.2 Å². The summed E-state index contributed by atoms with van der Waals surface area (Å²) in [5.41, 5.74) is 0.793. The number of carboxylic acids is 1. The van der Waals surface area contributed by atoms with E-state index in [9.17, 15) is 18.9 Å². The fourth-order valence-electron chi connectivity index (χ4n) is 2.70. The van der Waals surface area contributed by atoms with Gasteiger partial charge in [-0.05, 0) is 31.9 Å². The van der Waals surface area contributed by atoms with E-state index in [1.54, 1.807) is 31.2 Å². The molecule has 2 rings (SSSR count). The van der Waals surface area contributed by atoms with Gasteiger partial charge in [0, 0.05) is 12.7 Å². The first-order chi connectivity index (χ1) is 11.4. The number of carbonyl (C=O) groups is 3. The number of fused-ring (bicyclic) bond motifs is 1. The maximum atomic E-state index is 12.4. The van der Waals surface area contributed by atoms with Crippen molar-refractivity contribution < 1.29 is 28.6 Å². The molecule has 0 fully saturated rings. The van der Waals surface area contributed by atoms with Crippen LogP contribution >= 0.6 is 7.37 Å². The molecule has 2 amide bonds. The molecule has 1 heterocycles. The molecule has 1 atom stereocenters. The topological polar surface area (TPSA) is 101 Å². The van der Waals surface area contributed by atoms with Crippen LogP contribution in [0.15, 0.2) is 24.3 Å². The third-order valence-corrected chi connectivity index (χ3v) is 6.23. The predicted molar refractivity (Wildman–Crippen MR) is 87.6 cm³/mol. The molecule has 1 N–H and O–H groups in total. The Kier molecular flexibility index (Phi) is 5.91. The Morgan fingerprint density at radius 2 is 1.75 bits per heavy atom. The number of hydrogen-bond acceptors (Lipinski definition) is 5. The van der Waals surface area contributed by atoms with Crippen LogP contribution in [0.3, 0.4) is 0 Å². The molecule has 130 valence electrons.